The number of carbonyl (C=O) groups excluding carboxylic acids is 2. The first-order valence-electron chi connectivity index (χ1n) is 14.2. The van der Waals surface area contributed by atoms with Gasteiger partial charge in [0, 0.05) is 42.3 Å². The van der Waals surface area contributed by atoms with Crippen LogP contribution < -0.4 is 14.9 Å². The molecule has 6 rings (SSSR count). The Hall–Kier alpha value is -3.89. The number of para-hydroxylation sites is 1. The Morgan fingerprint density at radius 2 is 1.85 bits per heavy atom. The number of aromatic amines is 1. The predicted octanol–water partition coefficient (Wildman–Crippen LogP) is 3.63. The minimum absolute atomic E-state index is 0.0316. The lowest BCUT2D eigenvalue weighted by molar-refractivity contribution is -0.120. The smallest absolute Gasteiger partial charge is 0.264 e. The number of nitrogens with zero attached hydrogens (tertiary/aromatic N) is 2. The van der Waals surface area contributed by atoms with E-state index >= 15 is 0 Å². The summed E-state index contributed by atoms with van der Waals surface area (Å²) in [5.74, 6) is -0.329. The Labute approximate surface area is 240 Å². The average Bonchev–Trinajstić information content (AvgIpc) is 3.73. The van der Waals surface area contributed by atoms with Gasteiger partial charge in [-0.05, 0) is 93.2 Å². The second-order valence-corrected chi connectivity index (χ2v) is 12.9. The van der Waals surface area contributed by atoms with Gasteiger partial charge in [-0.2, -0.15) is 0 Å². The summed E-state index contributed by atoms with van der Waals surface area (Å²) >= 11 is 0. The van der Waals surface area contributed by atoms with Crippen molar-refractivity contribution in [1.29, 1.82) is 0 Å². The first kappa shape index (κ1) is 27.3. The molecule has 0 unspecified atom stereocenters. The maximum absolute atomic E-state index is 13.7. The van der Waals surface area contributed by atoms with Crippen molar-refractivity contribution in [2.75, 3.05) is 42.3 Å². The third kappa shape index (κ3) is 5.17. The van der Waals surface area contributed by atoms with Crippen molar-refractivity contribution >= 4 is 44.9 Å². The van der Waals surface area contributed by atoms with Crippen LogP contribution in [0.3, 0.4) is 0 Å². The number of amides is 2. The molecule has 1 fully saturated rings. The zero-order valence-corrected chi connectivity index (χ0v) is 24.2. The molecule has 2 aromatic carbocycles. The van der Waals surface area contributed by atoms with Crippen molar-refractivity contribution in [3.63, 3.8) is 0 Å². The fourth-order valence-corrected chi connectivity index (χ4v) is 7.64. The van der Waals surface area contributed by atoms with E-state index in [2.05, 4.69) is 20.5 Å². The van der Waals surface area contributed by atoms with Crippen LogP contribution in [0, 0.1) is 13.8 Å². The summed E-state index contributed by atoms with van der Waals surface area (Å²) in [5.41, 5.74) is 6.57. The second-order valence-electron chi connectivity index (χ2n) is 11.0. The molecule has 41 heavy (non-hydrogen) atoms. The lowest BCUT2D eigenvalue weighted by Gasteiger charge is -2.20. The molecule has 4 heterocycles. The number of nitrogens with one attached hydrogen (secondary N) is 3. The van der Waals surface area contributed by atoms with Gasteiger partial charge in [-0.1, -0.05) is 18.2 Å². The van der Waals surface area contributed by atoms with Gasteiger partial charge in [-0.15, -0.1) is 0 Å². The third-order valence-electron chi connectivity index (χ3n) is 8.41. The zero-order chi connectivity index (χ0) is 28.7. The molecular weight excluding hydrogens is 538 g/mol. The van der Waals surface area contributed by atoms with E-state index in [4.69, 9.17) is 0 Å². The molecule has 3 aliphatic rings. The van der Waals surface area contributed by atoms with E-state index in [-0.39, 0.29) is 23.1 Å². The number of anilines is 2. The van der Waals surface area contributed by atoms with Gasteiger partial charge in [0.25, 0.3) is 15.9 Å². The summed E-state index contributed by atoms with van der Waals surface area (Å²) in [6.07, 6.45) is 5.11. The highest BCUT2D eigenvalue weighted by Crippen LogP contribution is 2.38. The number of carbonyl (C=O) groups is 2. The van der Waals surface area contributed by atoms with Gasteiger partial charge < -0.3 is 20.5 Å². The van der Waals surface area contributed by atoms with Crippen LogP contribution in [0.4, 0.5) is 11.4 Å². The molecule has 0 atom stereocenters. The van der Waals surface area contributed by atoms with Crippen molar-refractivity contribution in [3.8, 4) is 0 Å². The van der Waals surface area contributed by atoms with Gasteiger partial charge in [0.1, 0.15) is 0 Å². The first-order valence-corrected chi connectivity index (χ1v) is 15.6. The number of hydrogen-bond donors (Lipinski definition) is 3. The summed E-state index contributed by atoms with van der Waals surface area (Å²) in [6.45, 7) is 7.92. The normalized spacial score (nSPS) is 17.7. The summed E-state index contributed by atoms with van der Waals surface area (Å²) in [4.78, 5) is 31.5. The van der Waals surface area contributed by atoms with Crippen molar-refractivity contribution in [1.82, 2.24) is 15.2 Å². The van der Waals surface area contributed by atoms with E-state index in [0.717, 1.165) is 47.7 Å². The van der Waals surface area contributed by atoms with Gasteiger partial charge in [-0.25, -0.2) is 8.42 Å². The second kappa shape index (κ2) is 10.8. The van der Waals surface area contributed by atoms with Crippen molar-refractivity contribution in [2.45, 2.75) is 44.4 Å². The van der Waals surface area contributed by atoms with Gasteiger partial charge in [0.05, 0.1) is 22.6 Å². The number of H-pyrrole nitrogens is 1. The van der Waals surface area contributed by atoms with Gasteiger partial charge >= 0.3 is 0 Å². The number of rotatable bonds is 8. The highest BCUT2D eigenvalue weighted by Gasteiger charge is 2.33. The third-order valence-corrected chi connectivity index (χ3v) is 10.2. The molecular formula is C31H35N5O4S. The van der Waals surface area contributed by atoms with E-state index in [1.54, 1.807) is 24.3 Å². The number of aryl methyl sites for hydroxylation is 1. The number of sulfonamides is 1. The lowest BCUT2D eigenvalue weighted by atomic mass is 10.0. The maximum Gasteiger partial charge on any atom is 0.264 e. The summed E-state index contributed by atoms with van der Waals surface area (Å²) in [7, 11) is -3.81. The zero-order valence-electron chi connectivity index (χ0n) is 23.4. The number of likely N-dealkylation sites (tertiary alicyclic amines) is 1. The molecule has 9 nitrogen and oxygen atoms in total. The molecule has 1 aromatic heterocycles. The molecule has 2 amide bonds. The number of aromatic nitrogens is 1. The highest BCUT2D eigenvalue weighted by molar-refractivity contribution is 7.92. The van der Waals surface area contributed by atoms with Crippen LogP contribution in [0.5, 0.6) is 0 Å². The lowest BCUT2D eigenvalue weighted by Crippen LogP contribution is -2.34. The molecule has 3 aromatic rings. The van der Waals surface area contributed by atoms with Gasteiger partial charge in [0.2, 0.25) is 5.91 Å². The fourth-order valence-electron chi connectivity index (χ4n) is 6.11. The monoisotopic (exact) mass is 573 g/mol. The minimum Gasteiger partial charge on any atom is -0.359 e. The van der Waals surface area contributed by atoms with Crippen LogP contribution in [0.15, 0.2) is 47.4 Å². The SMILES string of the molecule is Cc1[nH]c(/C=C2\C(=O)Nc3ccc(S(=O)(=O)N4CCc5ccccc54)cc32)c(C)c1CC(=O)NCCN1CCCC1. The molecule has 214 valence electrons. The Balaban J connectivity index is 1.23. The van der Waals surface area contributed by atoms with E-state index < -0.39 is 10.0 Å². The van der Waals surface area contributed by atoms with E-state index in [1.165, 1.54) is 17.1 Å². The highest BCUT2D eigenvalue weighted by atomic mass is 32.2. The number of fused-ring (bicyclic) bond motifs is 2. The van der Waals surface area contributed by atoms with E-state index in [0.29, 0.717) is 42.0 Å². The van der Waals surface area contributed by atoms with Crippen LogP contribution in [0.2, 0.25) is 0 Å². The van der Waals surface area contributed by atoms with Crippen LogP contribution in [-0.2, 0) is 32.5 Å². The Morgan fingerprint density at radius 1 is 1.07 bits per heavy atom. The topological polar surface area (TPSA) is 115 Å². The quantitative estimate of drug-likeness (QED) is 0.356. The van der Waals surface area contributed by atoms with Crippen molar-refractivity contribution < 1.29 is 18.0 Å². The molecule has 1 saturated heterocycles. The van der Waals surface area contributed by atoms with Gasteiger partial charge in [-0.3, -0.25) is 13.9 Å². The molecule has 3 N–H and O–H groups in total. The summed E-state index contributed by atoms with van der Waals surface area (Å²) in [5, 5.41) is 5.88. The summed E-state index contributed by atoms with van der Waals surface area (Å²) in [6, 6.07) is 12.3. The first-order chi connectivity index (χ1) is 19.7. The summed E-state index contributed by atoms with van der Waals surface area (Å²) < 4.78 is 28.7. The molecule has 0 bridgehead atoms. The standard InChI is InChI=1S/C31H35N5O4S/c1-20-24(19-30(37)32-12-16-35-13-5-6-14-35)21(2)33-28(20)18-26-25-17-23(9-10-27(25)34-31(26)38)41(39,40)36-15-11-22-7-3-4-8-29(22)36/h3-4,7-10,17-18,33H,5-6,11-16,19H2,1-2H3,(H,32,37)(H,34,38)/b26-18-. The Kier molecular flexibility index (Phi) is 7.21. The molecule has 0 aliphatic carbocycles. The van der Waals surface area contributed by atoms with Crippen molar-refractivity contribution in [3.05, 3.63) is 76.1 Å². The number of benzene rings is 2. The largest absolute Gasteiger partial charge is 0.359 e. The molecule has 3 aliphatic heterocycles. The molecule has 10 heteroatoms. The van der Waals surface area contributed by atoms with E-state index in [1.807, 2.05) is 38.1 Å². The van der Waals surface area contributed by atoms with Crippen molar-refractivity contribution in [2.24, 2.45) is 0 Å². The average molecular weight is 574 g/mol. The predicted molar refractivity (Wildman–Crippen MR) is 160 cm³/mol. The fraction of sp³-hybridized carbons (Fsp3) is 0.355. The van der Waals surface area contributed by atoms with Crippen LogP contribution in [0.25, 0.3) is 11.6 Å². The van der Waals surface area contributed by atoms with Crippen LogP contribution in [0.1, 0.15) is 46.5 Å². The van der Waals surface area contributed by atoms with Gasteiger partial charge in [0.15, 0.2) is 0 Å². The maximum atomic E-state index is 13.7. The number of hydrogen-bond acceptors (Lipinski definition) is 5. The Bertz CT molecular complexity index is 1670. The van der Waals surface area contributed by atoms with Crippen LogP contribution in [-0.4, -0.2) is 62.8 Å². The van der Waals surface area contributed by atoms with Crippen LogP contribution >= 0.6 is 0 Å². The molecule has 0 saturated carbocycles. The molecule has 0 radical (unpaired) electrons. The minimum atomic E-state index is -3.81. The Morgan fingerprint density at radius 3 is 2.66 bits per heavy atom. The molecule has 0 spiro atoms. The van der Waals surface area contributed by atoms with E-state index in [9.17, 15) is 18.0 Å².